The normalized spacial score (nSPS) is 17.8. The van der Waals surface area contributed by atoms with Crippen molar-refractivity contribution in [3.05, 3.63) is 22.7 Å². The van der Waals surface area contributed by atoms with Crippen LogP contribution in [0.15, 0.2) is 16.9 Å². The van der Waals surface area contributed by atoms with Gasteiger partial charge in [0.25, 0.3) is 0 Å². The van der Waals surface area contributed by atoms with Gasteiger partial charge in [-0.2, -0.15) is 0 Å². The second-order valence-corrected chi connectivity index (χ2v) is 6.33. The van der Waals surface area contributed by atoms with Crippen molar-refractivity contribution in [1.82, 2.24) is 9.97 Å². The molecule has 8 heteroatoms. The van der Waals surface area contributed by atoms with E-state index in [9.17, 15) is 12.8 Å². The Morgan fingerprint density at radius 1 is 1.50 bits per heavy atom. The minimum atomic E-state index is -3.99. The topological polar surface area (TPSA) is 85.9 Å². The van der Waals surface area contributed by atoms with E-state index in [-0.39, 0.29) is 5.82 Å². The molecule has 0 radical (unpaired) electrons. The van der Waals surface area contributed by atoms with Crippen molar-refractivity contribution in [2.45, 2.75) is 24.8 Å². The Labute approximate surface area is 101 Å². The number of hydrogen-bond acceptors (Lipinski definition) is 4. The molecule has 1 aromatic rings. The Morgan fingerprint density at radius 2 is 1.94 bits per heavy atom. The first-order valence-corrected chi connectivity index (χ1v) is 6.74. The summed E-state index contributed by atoms with van der Waals surface area (Å²) in [6.45, 7) is 2.27. The fourth-order valence-corrected chi connectivity index (χ4v) is 1.98. The molecule has 2 N–H and O–H groups in total. The summed E-state index contributed by atoms with van der Waals surface area (Å²) in [5.74, 6) is -0.211. The second-order valence-electron chi connectivity index (χ2n) is 3.53. The molecule has 0 saturated heterocycles. The molecule has 5 nitrogen and oxygen atoms in total. The lowest BCUT2D eigenvalue weighted by atomic mass is 10.0. The summed E-state index contributed by atoms with van der Waals surface area (Å²) >= 11 is 3.10. The van der Waals surface area contributed by atoms with Crippen LogP contribution in [0.1, 0.15) is 19.7 Å². The zero-order valence-electron chi connectivity index (χ0n) is 8.68. The number of hydrogen-bond donors (Lipinski definition) is 1. The standard InChI is InChI=1S/C8H11BrFN3O2S/c1-5(16(11,14)15)8(2,10)7-12-3-6(9)4-13-7/h3-5H,1-2H3,(H2,11,14,15)/t5-,8?/m0/s1. The predicted molar refractivity (Wildman–Crippen MR) is 60.8 cm³/mol. The smallest absolute Gasteiger partial charge is 0.215 e. The van der Waals surface area contributed by atoms with Gasteiger partial charge in [0.1, 0.15) is 5.25 Å². The van der Waals surface area contributed by atoms with Crippen LogP contribution in [0, 0.1) is 0 Å². The van der Waals surface area contributed by atoms with Crippen molar-refractivity contribution in [1.29, 1.82) is 0 Å². The molecule has 90 valence electrons. The van der Waals surface area contributed by atoms with Gasteiger partial charge in [-0.25, -0.2) is 27.9 Å². The van der Waals surface area contributed by atoms with Crippen molar-refractivity contribution in [2.75, 3.05) is 0 Å². The van der Waals surface area contributed by atoms with Crippen LogP contribution in [0.3, 0.4) is 0 Å². The summed E-state index contributed by atoms with van der Waals surface area (Å²) in [6.07, 6.45) is 2.69. The van der Waals surface area contributed by atoms with Crippen LogP contribution in [0.25, 0.3) is 0 Å². The zero-order chi connectivity index (χ0) is 12.6. The molecule has 0 saturated carbocycles. The van der Waals surface area contributed by atoms with E-state index >= 15 is 0 Å². The Morgan fingerprint density at radius 3 is 2.31 bits per heavy atom. The van der Waals surface area contributed by atoms with Gasteiger partial charge in [-0.05, 0) is 29.8 Å². The quantitative estimate of drug-likeness (QED) is 0.905. The number of halogens is 2. The highest BCUT2D eigenvalue weighted by Gasteiger charge is 2.42. The number of aromatic nitrogens is 2. The van der Waals surface area contributed by atoms with Crippen LogP contribution in [0.4, 0.5) is 4.39 Å². The molecule has 0 aliphatic heterocycles. The maximum atomic E-state index is 14.2. The fourth-order valence-electron chi connectivity index (χ4n) is 1.06. The van der Waals surface area contributed by atoms with Gasteiger partial charge in [-0.1, -0.05) is 0 Å². The van der Waals surface area contributed by atoms with E-state index < -0.39 is 20.9 Å². The number of nitrogens with zero attached hydrogens (tertiary/aromatic N) is 2. The second kappa shape index (κ2) is 4.34. The molecular formula is C8H11BrFN3O2S. The van der Waals surface area contributed by atoms with Crippen LogP contribution in [-0.4, -0.2) is 23.6 Å². The lowest BCUT2D eigenvalue weighted by molar-refractivity contribution is 0.174. The minimum absolute atomic E-state index is 0.211. The first-order chi connectivity index (χ1) is 7.15. The Bertz CT molecular complexity index is 475. The zero-order valence-corrected chi connectivity index (χ0v) is 11.1. The number of rotatable bonds is 3. The van der Waals surface area contributed by atoms with Gasteiger partial charge in [0.2, 0.25) is 10.0 Å². The first kappa shape index (κ1) is 13.5. The van der Waals surface area contributed by atoms with Crippen LogP contribution >= 0.6 is 15.9 Å². The van der Waals surface area contributed by atoms with Crippen molar-refractivity contribution >= 4 is 26.0 Å². The molecule has 0 bridgehead atoms. The summed E-state index contributed by atoms with van der Waals surface area (Å²) in [6, 6.07) is 0. The summed E-state index contributed by atoms with van der Waals surface area (Å²) < 4.78 is 37.0. The predicted octanol–water partition coefficient (Wildman–Crippen LogP) is 1.10. The van der Waals surface area contributed by atoms with E-state index in [4.69, 9.17) is 5.14 Å². The third-order valence-corrected chi connectivity index (χ3v) is 4.15. The summed E-state index contributed by atoms with van der Waals surface area (Å²) in [5.41, 5.74) is -2.23. The summed E-state index contributed by atoms with van der Waals surface area (Å²) in [5, 5.41) is 3.48. The molecule has 1 heterocycles. The van der Waals surface area contributed by atoms with Gasteiger partial charge in [0.05, 0.1) is 4.47 Å². The van der Waals surface area contributed by atoms with Crippen molar-refractivity contribution in [3.63, 3.8) is 0 Å². The van der Waals surface area contributed by atoms with Crippen LogP contribution < -0.4 is 5.14 Å². The van der Waals surface area contributed by atoms with Crippen molar-refractivity contribution in [2.24, 2.45) is 5.14 Å². The Hall–Kier alpha value is -0.600. The molecule has 0 aromatic carbocycles. The van der Waals surface area contributed by atoms with E-state index in [1.54, 1.807) is 0 Å². The number of sulfonamides is 1. The average molecular weight is 312 g/mol. The molecule has 0 aliphatic carbocycles. The maximum Gasteiger partial charge on any atom is 0.215 e. The SMILES string of the molecule is C[C@@H](C(C)(F)c1ncc(Br)cn1)S(N)(=O)=O. The van der Waals surface area contributed by atoms with E-state index in [1.165, 1.54) is 19.3 Å². The summed E-state index contributed by atoms with van der Waals surface area (Å²) in [4.78, 5) is 7.46. The highest BCUT2D eigenvalue weighted by atomic mass is 79.9. The number of alkyl halides is 1. The summed E-state index contributed by atoms with van der Waals surface area (Å²) in [7, 11) is -3.99. The fraction of sp³-hybridized carbons (Fsp3) is 0.500. The van der Waals surface area contributed by atoms with Gasteiger partial charge in [0.15, 0.2) is 11.5 Å². The van der Waals surface area contributed by atoms with Crippen molar-refractivity contribution < 1.29 is 12.8 Å². The Kier molecular flexibility index (Phi) is 3.65. The molecule has 0 spiro atoms. The molecule has 0 aliphatic rings. The highest BCUT2D eigenvalue weighted by molar-refractivity contribution is 9.10. The lowest BCUT2D eigenvalue weighted by Gasteiger charge is -2.24. The van der Waals surface area contributed by atoms with E-state index in [2.05, 4.69) is 25.9 Å². The number of nitrogens with two attached hydrogens (primary N) is 1. The molecule has 1 unspecified atom stereocenters. The van der Waals surface area contributed by atoms with Gasteiger partial charge in [-0.15, -0.1) is 0 Å². The maximum absolute atomic E-state index is 14.2. The monoisotopic (exact) mass is 311 g/mol. The first-order valence-electron chi connectivity index (χ1n) is 4.34. The highest BCUT2D eigenvalue weighted by Crippen LogP contribution is 2.29. The molecule has 1 aromatic heterocycles. The Balaban J connectivity index is 3.16. The largest absolute Gasteiger partial charge is 0.237 e. The van der Waals surface area contributed by atoms with E-state index in [0.29, 0.717) is 4.47 Å². The van der Waals surface area contributed by atoms with Crippen LogP contribution in [0.2, 0.25) is 0 Å². The minimum Gasteiger partial charge on any atom is -0.237 e. The molecule has 0 amide bonds. The molecular weight excluding hydrogens is 301 g/mol. The van der Waals surface area contributed by atoms with E-state index in [1.807, 2.05) is 0 Å². The van der Waals surface area contributed by atoms with Crippen molar-refractivity contribution in [3.8, 4) is 0 Å². The third kappa shape index (κ3) is 2.74. The van der Waals surface area contributed by atoms with Crippen LogP contribution in [-0.2, 0) is 15.7 Å². The number of primary sulfonamides is 1. The molecule has 1 rings (SSSR count). The van der Waals surface area contributed by atoms with E-state index in [0.717, 1.165) is 6.92 Å². The molecule has 2 atom stereocenters. The van der Waals surface area contributed by atoms with Gasteiger partial charge >= 0.3 is 0 Å². The average Bonchev–Trinajstić information content (AvgIpc) is 2.16. The van der Waals surface area contributed by atoms with Gasteiger partial charge < -0.3 is 0 Å². The molecule has 16 heavy (non-hydrogen) atoms. The van der Waals surface area contributed by atoms with Gasteiger partial charge in [-0.3, -0.25) is 0 Å². The molecule has 0 fully saturated rings. The third-order valence-electron chi connectivity index (χ3n) is 2.31. The lowest BCUT2D eigenvalue weighted by Crippen LogP contribution is -2.41. The van der Waals surface area contributed by atoms with Crippen LogP contribution in [0.5, 0.6) is 0 Å². The van der Waals surface area contributed by atoms with Gasteiger partial charge in [0, 0.05) is 12.4 Å².